The van der Waals surface area contributed by atoms with E-state index in [1.54, 1.807) is 19.3 Å². The van der Waals surface area contributed by atoms with E-state index in [0.29, 0.717) is 17.8 Å². The van der Waals surface area contributed by atoms with Crippen molar-refractivity contribution in [3.63, 3.8) is 0 Å². The number of thiophene rings is 1. The Balaban J connectivity index is 1.71. The van der Waals surface area contributed by atoms with Crippen LogP contribution in [0, 0.1) is 0 Å². The van der Waals surface area contributed by atoms with Crippen LogP contribution in [0.3, 0.4) is 0 Å². The number of carbonyl (C=O) groups excluding carboxylic acids is 1. The summed E-state index contributed by atoms with van der Waals surface area (Å²) in [5.41, 5.74) is 3.80. The smallest absolute Gasteiger partial charge is 0.272 e. The Morgan fingerprint density at radius 3 is 2.76 bits per heavy atom. The molecule has 4 aromatic rings. The van der Waals surface area contributed by atoms with Gasteiger partial charge in [-0.2, -0.15) is 0 Å². The van der Waals surface area contributed by atoms with E-state index >= 15 is 0 Å². The van der Waals surface area contributed by atoms with Crippen LogP contribution >= 0.6 is 11.3 Å². The molecule has 0 aliphatic carbocycles. The number of aromatic nitrogens is 4. The summed E-state index contributed by atoms with van der Waals surface area (Å²) in [6.07, 6.45) is 3.92. The van der Waals surface area contributed by atoms with Crippen LogP contribution in [0.5, 0.6) is 0 Å². The first-order chi connectivity index (χ1) is 12.1. The van der Waals surface area contributed by atoms with Gasteiger partial charge in [-0.3, -0.25) is 19.7 Å². The van der Waals surface area contributed by atoms with Crippen molar-refractivity contribution in [3.05, 3.63) is 74.6 Å². The van der Waals surface area contributed by atoms with E-state index in [1.165, 1.54) is 21.9 Å². The van der Waals surface area contributed by atoms with Crippen molar-refractivity contribution in [2.45, 2.75) is 13.3 Å². The summed E-state index contributed by atoms with van der Waals surface area (Å²) in [4.78, 5) is 33.1. The molecule has 4 heterocycles. The number of nitrogens with one attached hydrogen (secondary N) is 1. The van der Waals surface area contributed by atoms with Crippen molar-refractivity contribution in [2.24, 2.45) is 0 Å². The fourth-order valence-electron chi connectivity index (χ4n) is 2.67. The first kappa shape index (κ1) is 15.5. The number of aromatic amines is 1. The minimum absolute atomic E-state index is 0.0485. The highest BCUT2D eigenvalue weighted by molar-refractivity contribution is 7.12. The lowest BCUT2D eigenvalue weighted by Gasteiger charge is -1.99. The molecule has 0 spiro atoms. The molecule has 124 valence electrons. The third kappa shape index (κ3) is 3.01. The first-order valence-electron chi connectivity index (χ1n) is 7.70. The van der Waals surface area contributed by atoms with E-state index in [1.807, 2.05) is 29.6 Å². The molecule has 0 aliphatic rings. The molecule has 0 saturated carbocycles. The first-order valence-corrected chi connectivity index (χ1v) is 8.58. The van der Waals surface area contributed by atoms with E-state index in [4.69, 9.17) is 0 Å². The summed E-state index contributed by atoms with van der Waals surface area (Å²) in [6, 6.07) is 8.95. The molecule has 4 aromatic heterocycles. The Kier molecular flexibility index (Phi) is 3.77. The molecule has 0 amide bonds. The highest BCUT2D eigenvalue weighted by atomic mass is 32.1. The predicted octanol–water partition coefficient (Wildman–Crippen LogP) is 2.94. The lowest BCUT2D eigenvalue weighted by molar-refractivity contribution is 0.102. The van der Waals surface area contributed by atoms with Crippen molar-refractivity contribution in [1.82, 2.24) is 19.6 Å². The number of Topliss-reactive ketones (excluding diaryl/α,β-unsaturated/α-hetero) is 1. The second-order valence-electron chi connectivity index (χ2n) is 5.74. The molecule has 0 atom stereocenters. The van der Waals surface area contributed by atoms with Gasteiger partial charge >= 0.3 is 0 Å². The van der Waals surface area contributed by atoms with Crippen LogP contribution in [0.25, 0.3) is 16.9 Å². The zero-order chi connectivity index (χ0) is 17.4. The highest BCUT2D eigenvalue weighted by Gasteiger charge is 2.10. The normalized spacial score (nSPS) is 11.1. The third-order valence-electron chi connectivity index (χ3n) is 3.88. The fraction of sp³-hybridized carbons (Fsp3) is 0.111. The summed E-state index contributed by atoms with van der Waals surface area (Å²) in [5.74, 6) is 0.0485. The average molecular weight is 350 g/mol. The molecule has 0 unspecified atom stereocenters. The number of pyridine rings is 1. The van der Waals surface area contributed by atoms with Gasteiger partial charge in [-0.15, -0.1) is 11.3 Å². The molecule has 0 radical (unpaired) electrons. The maximum Gasteiger partial charge on any atom is 0.272 e. The molecule has 0 saturated heterocycles. The monoisotopic (exact) mass is 350 g/mol. The molecule has 1 N–H and O–H groups in total. The lowest BCUT2D eigenvalue weighted by Crippen LogP contribution is -2.15. The van der Waals surface area contributed by atoms with Gasteiger partial charge in [0.1, 0.15) is 0 Å². The predicted molar refractivity (Wildman–Crippen MR) is 96.2 cm³/mol. The van der Waals surface area contributed by atoms with Crippen LogP contribution < -0.4 is 5.56 Å². The van der Waals surface area contributed by atoms with E-state index in [-0.39, 0.29) is 11.3 Å². The number of rotatable bonds is 4. The largest absolute Gasteiger partial charge is 0.294 e. The number of H-pyrrole nitrogens is 1. The van der Waals surface area contributed by atoms with Crippen molar-refractivity contribution in [3.8, 4) is 11.3 Å². The number of hydrogen-bond donors (Lipinski definition) is 1. The zero-order valence-corrected chi connectivity index (χ0v) is 14.2. The molecular formula is C18H14N4O2S. The highest BCUT2D eigenvalue weighted by Crippen LogP contribution is 2.19. The van der Waals surface area contributed by atoms with Crippen LogP contribution in [-0.4, -0.2) is 25.4 Å². The van der Waals surface area contributed by atoms with Gasteiger partial charge in [0, 0.05) is 36.5 Å². The Morgan fingerprint density at radius 1 is 1.24 bits per heavy atom. The number of nitrogens with zero attached hydrogens (tertiary/aromatic N) is 3. The van der Waals surface area contributed by atoms with Crippen LogP contribution in [-0.2, 0) is 6.42 Å². The molecule has 0 aromatic carbocycles. The van der Waals surface area contributed by atoms with Crippen molar-refractivity contribution < 1.29 is 4.79 Å². The zero-order valence-electron chi connectivity index (χ0n) is 13.4. The maximum atomic E-state index is 12.4. The van der Waals surface area contributed by atoms with Crippen LogP contribution in [0.15, 0.2) is 52.9 Å². The summed E-state index contributed by atoms with van der Waals surface area (Å²) >= 11 is 1.41. The number of fused-ring (bicyclic) bond motifs is 1. The molecule has 0 aliphatic heterocycles. The maximum absolute atomic E-state index is 12.4. The van der Waals surface area contributed by atoms with Gasteiger partial charge in [0.05, 0.1) is 16.3 Å². The lowest BCUT2D eigenvalue weighted by atomic mass is 10.1. The second-order valence-corrected chi connectivity index (χ2v) is 6.65. The van der Waals surface area contributed by atoms with Gasteiger partial charge in [0.2, 0.25) is 0 Å². The van der Waals surface area contributed by atoms with E-state index < -0.39 is 0 Å². The van der Waals surface area contributed by atoms with Gasteiger partial charge in [-0.25, -0.2) is 9.50 Å². The quantitative estimate of drug-likeness (QED) is 0.574. The molecule has 6 nitrogen and oxygen atoms in total. The molecule has 0 fully saturated rings. The fourth-order valence-corrected chi connectivity index (χ4v) is 3.49. The topological polar surface area (TPSA) is 80.1 Å². The summed E-state index contributed by atoms with van der Waals surface area (Å²) in [6.45, 7) is 1.55. The van der Waals surface area contributed by atoms with E-state index in [9.17, 15) is 9.59 Å². The molecule has 0 bridgehead atoms. The molecule has 25 heavy (non-hydrogen) atoms. The SMILES string of the molecule is CC(=O)c1cc(Cc2cc(=O)n3[nH]c(-c4ccncc4)cc3n2)cs1. The van der Waals surface area contributed by atoms with Crippen molar-refractivity contribution in [2.75, 3.05) is 0 Å². The number of carbonyl (C=O) groups is 1. The number of ketones is 1. The van der Waals surface area contributed by atoms with Crippen molar-refractivity contribution >= 4 is 22.8 Å². The van der Waals surface area contributed by atoms with Crippen molar-refractivity contribution in [1.29, 1.82) is 0 Å². The average Bonchev–Trinajstić information content (AvgIpc) is 3.23. The summed E-state index contributed by atoms with van der Waals surface area (Å²) in [7, 11) is 0. The summed E-state index contributed by atoms with van der Waals surface area (Å²) < 4.78 is 1.42. The Bertz CT molecular complexity index is 1120. The van der Waals surface area contributed by atoms with Gasteiger partial charge in [0.15, 0.2) is 11.4 Å². The Labute approximate surface area is 146 Å². The minimum atomic E-state index is -0.165. The molecular weight excluding hydrogens is 336 g/mol. The van der Waals surface area contributed by atoms with E-state index in [0.717, 1.165) is 21.7 Å². The van der Waals surface area contributed by atoms with Gasteiger partial charge in [-0.05, 0) is 36.1 Å². The standard InChI is InChI=1S/C18H14N4O2S/c1-11(23)16-7-12(10-25-16)6-14-8-18(24)22-17(20-14)9-15(21-22)13-2-4-19-5-3-13/h2-5,7-10,21H,6H2,1H3. The van der Waals surface area contributed by atoms with Gasteiger partial charge < -0.3 is 0 Å². The van der Waals surface area contributed by atoms with E-state index in [2.05, 4.69) is 15.1 Å². The van der Waals surface area contributed by atoms with Crippen LogP contribution in [0.4, 0.5) is 0 Å². The Hall–Kier alpha value is -3.06. The minimum Gasteiger partial charge on any atom is -0.294 e. The van der Waals surface area contributed by atoms with Crippen LogP contribution in [0.1, 0.15) is 27.9 Å². The van der Waals surface area contributed by atoms with Gasteiger partial charge in [-0.1, -0.05) is 0 Å². The Morgan fingerprint density at radius 2 is 2.04 bits per heavy atom. The second kappa shape index (κ2) is 6.10. The molecule has 7 heteroatoms. The van der Waals surface area contributed by atoms with Gasteiger partial charge in [0.25, 0.3) is 5.56 Å². The summed E-state index contributed by atoms with van der Waals surface area (Å²) in [5, 5.41) is 4.99. The number of hydrogen-bond acceptors (Lipinski definition) is 5. The van der Waals surface area contributed by atoms with Crippen LogP contribution in [0.2, 0.25) is 0 Å². The third-order valence-corrected chi connectivity index (χ3v) is 4.96. The molecule has 4 rings (SSSR count).